The summed E-state index contributed by atoms with van der Waals surface area (Å²) in [6, 6.07) is 1.83. The first kappa shape index (κ1) is 10.5. The van der Waals surface area contributed by atoms with Crippen LogP contribution in [-0.4, -0.2) is 30.3 Å². The number of carbonyl (C=O) groups is 1. The molecule has 2 heterocycles. The molecule has 1 aromatic rings. The van der Waals surface area contributed by atoms with Gasteiger partial charge in [-0.1, -0.05) is 0 Å². The lowest BCUT2D eigenvalue weighted by atomic mass is 10.2. The molecule has 1 saturated heterocycles. The standard InChI is InChI=1S/C9H10F2N2OS/c10-7(11)4-13-8(14)3-12-9(13)6-1-2-15-5-6/h1-2,5,7,9,12H,3-4H2. The zero-order chi connectivity index (χ0) is 10.8. The maximum atomic E-state index is 12.3. The topological polar surface area (TPSA) is 32.3 Å². The van der Waals surface area contributed by atoms with Crippen molar-refractivity contribution in [3.05, 3.63) is 22.4 Å². The second-order valence-corrected chi connectivity index (χ2v) is 4.06. The van der Waals surface area contributed by atoms with Crippen LogP contribution in [0.15, 0.2) is 16.8 Å². The van der Waals surface area contributed by atoms with Crippen LogP contribution in [0.5, 0.6) is 0 Å². The summed E-state index contributed by atoms with van der Waals surface area (Å²) in [5, 5.41) is 6.63. The first-order valence-corrected chi connectivity index (χ1v) is 5.46. The quantitative estimate of drug-likeness (QED) is 0.855. The number of nitrogens with zero attached hydrogens (tertiary/aromatic N) is 1. The zero-order valence-electron chi connectivity index (χ0n) is 7.82. The molecule has 1 atom stereocenters. The number of alkyl halides is 2. The van der Waals surface area contributed by atoms with E-state index in [9.17, 15) is 13.6 Å². The summed E-state index contributed by atoms with van der Waals surface area (Å²) >= 11 is 1.48. The molecule has 0 aromatic carbocycles. The van der Waals surface area contributed by atoms with Gasteiger partial charge >= 0.3 is 0 Å². The summed E-state index contributed by atoms with van der Waals surface area (Å²) in [7, 11) is 0. The van der Waals surface area contributed by atoms with E-state index in [0.29, 0.717) is 0 Å². The fraction of sp³-hybridized carbons (Fsp3) is 0.444. The molecule has 6 heteroatoms. The largest absolute Gasteiger partial charge is 0.316 e. The highest BCUT2D eigenvalue weighted by Crippen LogP contribution is 2.24. The summed E-state index contributed by atoms with van der Waals surface area (Å²) in [6.07, 6.45) is -2.88. The van der Waals surface area contributed by atoms with Crippen LogP contribution in [0, 0.1) is 0 Å². The van der Waals surface area contributed by atoms with Crippen molar-refractivity contribution in [2.45, 2.75) is 12.6 Å². The highest BCUT2D eigenvalue weighted by atomic mass is 32.1. The van der Waals surface area contributed by atoms with Gasteiger partial charge in [0.15, 0.2) is 0 Å². The van der Waals surface area contributed by atoms with Gasteiger partial charge in [0, 0.05) is 0 Å². The third-order valence-electron chi connectivity index (χ3n) is 2.27. The Hall–Kier alpha value is -1.01. The summed E-state index contributed by atoms with van der Waals surface area (Å²) in [6.45, 7) is -0.375. The van der Waals surface area contributed by atoms with Crippen molar-refractivity contribution in [1.82, 2.24) is 10.2 Å². The molecule has 1 amide bonds. The molecule has 0 aliphatic carbocycles. The second kappa shape index (κ2) is 4.24. The van der Waals surface area contributed by atoms with Crippen molar-refractivity contribution in [1.29, 1.82) is 0 Å². The predicted molar refractivity (Wildman–Crippen MR) is 52.8 cm³/mol. The minimum Gasteiger partial charge on any atom is -0.316 e. The number of thiophene rings is 1. The molecule has 2 rings (SSSR count). The number of hydrogen-bond acceptors (Lipinski definition) is 3. The fourth-order valence-electron chi connectivity index (χ4n) is 1.62. The average Bonchev–Trinajstić information content (AvgIpc) is 2.76. The van der Waals surface area contributed by atoms with E-state index in [1.807, 2.05) is 16.8 Å². The van der Waals surface area contributed by atoms with Crippen LogP contribution in [0.25, 0.3) is 0 Å². The fourth-order valence-corrected chi connectivity index (χ4v) is 2.30. The molecule has 1 aliphatic heterocycles. The van der Waals surface area contributed by atoms with Crippen molar-refractivity contribution < 1.29 is 13.6 Å². The van der Waals surface area contributed by atoms with Crippen LogP contribution in [-0.2, 0) is 4.79 Å². The SMILES string of the molecule is O=C1CNC(c2ccsc2)N1CC(F)F. The zero-order valence-corrected chi connectivity index (χ0v) is 8.64. The Morgan fingerprint density at radius 3 is 3.07 bits per heavy atom. The van der Waals surface area contributed by atoms with Gasteiger partial charge in [0.2, 0.25) is 5.91 Å². The van der Waals surface area contributed by atoms with E-state index in [-0.39, 0.29) is 12.5 Å². The normalized spacial score (nSPS) is 21.7. The van der Waals surface area contributed by atoms with Gasteiger partial charge < -0.3 is 4.90 Å². The van der Waals surface area contributed by atoms with Crippen LogP contribution < -0.4 is 5.32 Å². The van der Waals surface area contributed by atoms with Gasteiger partial charge in [-0.05, 0) is 22.4 Å². The van der Waals surface area contributed by atoms with E-state index in [1.54, 1.807) is 0 Å². The smallest absolute Gasteiger partial charge is 0.255 e. The number of halogens is 2. The molecule has 82 valence electrons. The number of amides is 1. The molecule has 1 fully saturated rings. The van der Waals surface area contributed by atoms with Crippen molar-refractivity contribution in [3.63, 3.8) is 0 Å². The molecule has 3 nitrogen and oxygen atoms in total. The summed E-state index contributed by atoms with van der Waals surface area (Å²) in [5.41, 5.74) is 0.867. The number of carbonyl (C=O) groups excluding carboxylic acids is 1. The minimum absolute atomic E-state index is 0.132. The van der Waals surface area contributed by atoms with Gasteiger partial charge in [0.05, 0.1) is 13.1 Å². The van der Waals surface area contributed by atoms with Crippen molar-refractivity contribution in [3.8, 4) is 0 Å². The van der Waals surface area contributed by atoms with E-state index in [4.69, 9.17) is 0 Å². The van der Waals surface area contributed by atoms with Crippen LogP contribution in [0.1, 0.15) is 11.7 Å². The van der Waals surface area contributed by atoms with Gasteiger partial charge in [-0.3, -0.25) is 10.1 Å². The molecular formula is C9H10F2N2OS. The number of hydrogen-bond donors (Lipinski definition) is 1. The Bertz CT molecular complexity index is 342. The Labute approximate surface area is 89.7 Å². The first-order chi connectivity index (χ1) is 7.18. The molecule has 1 N–H and O–H groups in total. The molecular weight excluding hydrogens is 222 g/mol. The molecule has 1 aliphatic rings. The number of rotatable bonds is 3. The van der Waals surface area contributed by atoms with Crippen LogP contribution in [0.2, 0.25) is 0 Å². The molecule has 1 unspecified atom stereocenters. The Balaban J connectivity index is 2.14. The van der Waals surface area contributed by atoms with Crippen LogP contribution >= 0.6 is 11.3 Å². The highest BCUT2D eigenvalue weighted by Gasteiger charge is 2.33. The molecule has 0 saturated carbocycles. The molecule has 0 bridgehead atoms. The Morgan fingerprint density at radius 2 is 2.47 bits per heavy atom. The van der Waals surface area contributed by atoms with Gasteiger partial charge in [-0.2, -0.15) is 11.3 Å². The van der Waals surface area contributed by atoms with Crippen molar-refractivity contribution >= 4 is 17.2 Å². The van der Waals surface area contributed by atoms with E-state index in [1.165, 1.54) is 16.2 Å². The summed E-state index contributed by atoms with van der Waals surface area (Å²) in [4.78, 5) is 12.5. The van der Waals surface area contributed by atoms with E-state index < -0.39 is 19.1 Å². The third-order valence-corrected chi connectivity index (χ3v) is 2.97. The summed E-state index contributed by atoms with van der Waals surface area (Å²) in [5.74, 6) is -0.272. The molecule has 1 aromatic heterocycles. The maximum Gasteiger partial charge on any atom is 0.255 e. The van der Waals surface area contributed by atoms with Gasteiger partial charge in [0.25, 0.3) is 6.43 Å². The van der Waals surface area contributed by atoms with Gasteiger partial charge in [-0.15, -0.1) is 0 Å². The molecule has 0 radical (unpaired) electrons. The van der Waals surface area contributed by atoms with Crippen molar-refractivity contribution in [2.75, 3.05) is 13.1 Å². The molecule has 15 heavy (non-hydrogen) atoms. The van der Waals surface area contributed by atoms with Gasteiger partial charge in [0.1, 0.15) is 6.17 Å². The lowest BCUT2D eigenvalue weighted by Gasteiger charge is -2.23. The van der Waals surface area contributed by atoms with Crippen LogP contribution in [0.4, 0.5) is 8.78 Å². The first-order valence-electron chi connectivity index (χ1n) is 4.51. The second-order valence-electron chi connectivity index (χ2n) is 3.28. The minimum atomic E-state index is -2.49. The Kier molecular flexibility index (Phi) is 2.97. The van der Waals surface area contributed by atoms with E-state index in [2.05, 4.69) is 5.32 Å². The lowest BCUT2D eigenvalue weighted by molar-refractivity contribution is -0.130. The third kappa shape index (κ3) is 2.15. The van der Waals surface area contributed by atoms with E-state index in [0.717, 1.165) is 5.56 Å². The monoisotopic (exact) mass is 232 g/mol. The van der Waals surface area contributed by atoms with E-state index >= 15 is 0 Å². The Morgan fingerprint density at radius 1 is 1.67 bits per heavy atom. The predicted octanol–water partition coefficient (Wildman–Crippen LogP) is 1.44. The maximum absolute atomic E-state index is 12.3. The lowest BCUT2D eigenvalue weighted by Crippen LogP contribution is -2.34. The highest BCUT2D eigenvalue weighted by molar-refractivity contribution is 7.07. The molecule has 0 spiro atoms. The number of nitrogens with one attached hydrogen (secondary N) is 1. The summed E-state index contributed by atoms with van der Waals surface area (Å²) < 4.78 is 24.5. The average molecular weight is 232 g/mol. The van der Waals surface area contributed by atoms with Crippen LogP contribution in [0.3, 0.4) is 0 Å². The van der Waals surface area contributed by atoms with Crippen molar-refractivity contribution in [2.24, 2.45) is 0 Å². The van der Waals surface area contributed by atoms with Gasteiger partial charge in [-0.25, -0.2) is 8.78 Å².